The molecule has 2 amide bonds. The number of carbonyl (C=O) groups is 2. The number of urea groups is 1. The third-order valence-electron chi connectivity index (χ3n) is 6.82. The zero-order valence-corrected chi connectivity index (χ0v) is 26.3. The molecule has 0 fully saturated rings. The molecule has 4 aromatic rings. The molecule has 236 valence electrons. The van der Waals surface area contributed by atoms with Gasteiger partial charge in [-0.15, -0.1) is 0 Å². The zero-order chi connectivity index (χ0) is 31.7. The molecule has 0 saturated heterocycles. The molecule has 2 N–H and O–H groups in total. The summed E-state index contributed by atoms with van der Waals surface area (Å²) in [5.41, 5.74) is 2.80. The highest BCUT2D eigenvalue weighted by Gasteiger charge is 2.18. The molecule has 0 heterocycles. The van der Waals surface area contributed by atoms with Gasteiger partial charge in [0.1, 0.15) is 23.9 Å². The van der Waals surface area contributed by atoms with E-state index in [1.54, 1.807) is 11.8 Å². The number of hydrogen-bond donors (Lipinski definition) is 2. The molecule has 0 aliphatic rings. The van der Waals surface area contributed by atoms with Crippen LogP contribution < -0.4 is 14.8 Å². The van der Waals surface area contributed by atoms with E-state index in [1.165, 1.54) is 5.56 Å². The number of rotatable bonds is 18. The van der Waals surface area contributed by atoms with Crippen LogP contribution in [0.2, 0.25) is 0 Å². The van der Waals surface area contributed by atoms with Crippen LogP contribution in [0.15, 0.2) is 109 Å². The molecule has 0 saturated carbocycles. The summed E-state index contributed by atoms with van der Waals surface area (Å²) in [7, 11) is 0. The molecule has 9 heteroatoms. The maximum absolute atomic E-state index is 13.3. The first-order valence-corrected chi connectivity index (χ1v) is 16.2. The van der Waals surface area contributed by atoms with Gasteiger partial charge >= 0.3 is 12.0 Å². The van der Waals surface area contributed by atoms with Crippen LogP contribution >= 0.6 is 11.8 Å². The van der Waals surface area contributed by atoms with E-state index in [2.05, 4.69) is 17.4 Å². The quantitative estimate of drug-likeness (QED) is 0.109. The highest BCUT2D eigenvalue weighted by atomic mass is 32.2. The first-order chi connectivity index (χ1) is 22.0. The van der Waals surface area contributed by atoms with E-state index >= 15 is 0 Å². The van der Waals surface area contributed by atoms with Crippen LogP contribution in [0.1, 0.15) is 24.5 Å². The average molecular weight is 629 g/mol. The van der Waals surface area contributed by atoms with E-state index in [4.69, 9.17) is 14.2 Å². The second-order valence-electron chi connectivity index (χ2n) is 10.2. The number of thioether (sulfide) groups is 1. The van der Waals surface area contributed by atoms with Crippen LogP contribution in [-0.2, 0) is 21.7 Å². The van der Waals surface area contributed by atoms with Crippen molar-refractivity contribution in [3.8, 4) is 17.2 Å². The van der Waals surface area contributed by atoms with E-state index in [-0.39, 0.29) is 12.5 Å². The lowest BCUT2D eigenvalue weighted by Gasteiger charge is -2.23. The van der Waals surface area contributed by atoms with Crippen LogP contribution in [0.25, 0.3) is 0 Å². The van der Waals surface area contributed by atoms with E-state index < -0.39 is 12.1 Å². The van der Waals surface area contributed by atoms with Gasteiger partial charge in [0.2, 0.25) is 0 Å². The molecular weight excluding hydrogens is 588 g/mol. The smallest absolute Gasteiger partial charge is 0.333 e. The van der Waals surface area contributed by atoms with E-state index in [0.29, 0.717) is 43.5 Å². The van der Waals surface area contributed by atoms with Gasteiger partial charge in [0.25, 0.3) is 0 Å². The Labute approximate surface area is 269 Å². The number of ether oxygens (including phenoxy) is 3. The van der Waals surface area contributed by atoms with Gasteiger partial charge in [-0.25, -0.2) is 9.59 Å². The van der Waals surface area contributed by atoms with Crippen molar-refractivity contribution in [2.24, 2.45) is 0 Å². The predicted octanol–water partition coefficient (Wildman–Crippen LogP) is 7.75. The Morgan fingerprint density at radius 3 is 2.11 bits per heavy atom. The summed E-state index contributed by atoms with van der Waals surface area (Å²) in [6.07, 6.45) is 0.236. The lowest BCUT2D eigenvalue weighted by molar-refractivity contribution is -0.149. The fourth-order valence-corrected chi connectivity index (χ4v) is 5.40. The van der Waals surface area contributed by atoms with Crippen LogP contribution in [0.3, 0.4) is 0 Å². The first kappa shape index (κ1) is 33.4. The van der Waals surface area contributed by atoms with Crippen molar-refractivity contribution in [2.75, 3.05) is 37.4 Å². The Bertz CT molecular complexity index is 1440. The Morgan fingerprint density at radius 2 is 1.44 bits per heavy atom. The number of carboxylic acid groups (broad SMARTS) is 1. The third kappa shape index (κ3) is 11.9. The molecule has 0 aliphatic carbocycles. The van der Waals surface area contributed by atoms with Crippen molar-refractivity contribution in [1.29, 1.82) is 0 Å². The summed E-state index contributed by atoms with van der Waals surface area (Å²) in [6, 6.07) is 34.3. The molecule has 0 spiro atoms. The van der Waals surface area contributed by atoms with Crippen LogP contribution in [-0.4, -0.2) is 60.2 Å². The second-order valence-corrected chi connectivity index (χ2v) is 11.3. The lowest BCUT2D eigenvalue weighted by atomic mass is 10.1. The molecule has 0 radical (unpaired) electrons. The number of aliphatic carboxylic acids is 1. The first-order valence-electron chi connectivity index (χ1n) is 15.1. The van der Waals surface area contributed by atoms with E-state index in [1.807, 2.05) is 109 Å². The van der Waals surface area contributed by atoms with Gasteiger partial charge in [-0.3, -0.25) is 0 Å². The fraction of sp³-hybridized carbons (Fsp3) is 0.278. The minimum Gasteiger partial charge on any atom is -0.492 e. The maximum Gasteiger partial charge on any atom is 0.333 e. The minimum atomic E-state index is -0.981. The van der Waals surface area contributed by atoms with Crippen molar-refractivity contribution >= 4 is 29.4 Å². The zero-order valence-electron chi connectivity index (χ0n) is 25.5. The molecule has 1 unspecified atom stereocenters. The Hall–Kier alpha value is -4.47. The maximum atomic E-state index is 13.3. The van der Waals surface area contributed by atoms with E-state index in [9.17, 15) is 14.7 Å². The van der Waals surface area contributed by atoms with Gasteiger partial charge in [-0.1, -0.05) is 60.7 Å². The van der Waals surface area contributed by atoms with Gasteiger partial charge in [-0.05, 0) is 78.8 Å². The number of carbonyl (C=O) groups excluding carboxylic acids is 1. The number of carboxylic acids is 1. The SMILES string of the molecule is CCOC(Cc1ccc(OCCN(CCCSCc2ccccc2)C(=O)Nc2ccc(Oc3ccccc3)cc2)cc1)C(=O)O. The molecule has 4 aromatic carbocycles. The average Bonchev–Trinajstić information content (AvgIpc) is 3.06. The predicted molar refractivity (Wildman–Crippen MR) is 179 cm³/mol. The minimum absolute atomic E-state index is 0.200. The van der Waals surface area contributed by atoms with E-state index in [0.717, 1.165) is 29.2 Å². The summed E-state index contributed by atoms with van der Waals surface area (Å²) in [4.78, 5) is 26.5. The summed E-state index contributed by atoms with van der Waals surface area (Å²) in [5, 5.41) is 12.3. The lowest BCUT2D eigenvalue weighted by Crippen LogP contribution is -2.38. The van der Waals surface area contributed by atoms with Crippen molar-refractivity contribution in [3.63, 3.8) is 0 Å². The number of nitrogens with zero attached hydrogens (tertiary/aromatic N) is 1. The molecule has 0 aliphatic heterocycles. The standard InChI is InChI=1S/C36H40N2O6S/c1-2-42-34(35(39)40)26-28-14-18-31(19-15-28)43-24-23-38(22-9-25-45-27-29-10-5-3-6-11-29)36(41)37-30-16-20-33(21-17-30)44-32-12-7-4-8-13-32/h3-8,10-21,34H,2,9,22-27H2,1H3,(H,37,41)(H,39,40). The van der Waals surface area contributed by atoms with Gasteiger partial charge in [0.15, 0.2) is 6.10 Å². The highest BCUT2D eigenvalue weighted by molar-refractivity contribution is 7.98. The Kier molecular flexibility index (Phi) is 13.6. The largest absolute Gasteiger partial charge is 0.492 e. The molecule has 8 nitrogen and oxygen atoms in total. The van der Waals surface area contributed by atoms with Gasteiger partial charge < -0.3 is 29.5 Å². The number of anilines is 1. The van der Waals surface area contributed by atoms with Crippen molar-refractivity contribution in [3.05, 3.63) is 120 Å². The van der Waals surface area contributed by atoms with Crippen LogP contribution in [0.5, 0.6) is 17.2 Å². The summed E-state index contributed by atoms with van der Waals surface area (Å²) < 4.78 is 17.1. The fourth-order valence-electron chi connectivity index (χ4n) is 4.50. The highest BCUT2D eigenvalue weighted by Crippen LogP contribution is 2.23. The Morgan fingerprint density at radius 1 is 0.800 bits per heavy atom. The van der Waals surface area contributed by atoms with Crippen molar-refractivity contribution in [1.82, 2.24) is 4.90 Å². The number of benzene rings is 4. The van der Waals surface area contributed by atoms with Gasteiger partial charge in [0.05, 0.1) is 6.54 Å². The summed E-state index contributed by atoms with van der Waals surface area (Å²) in [5.74, 6) is 2.95. The second kappa shape index (κ2) is 18.4. The molecule has 45 heavy (non-hydrogen) atoms. The molecule has 1 atom stereocenters. The third-order valence-corrected chi connectivity index (χ3v) is 7.93. The summed E-state index contributed by atoms with van der Waals surface area (Å²) in [6.45, 7) is 3.40. The van der Waals surface area contributed by atoms with Crippen LogP contribution in [0, 0.1) is 0 Å². The number of amides is 2. The topological polar surface area (TPSA) is 97.3 Å². The molecule has 0 bridgehead atoms. The number of nitrogens with one attached hydrogen (secondary N) is 1. The normalized spacial score (nSPS) is 11.4. The monoisotopic (exact) mass is 628 g/mol. The molecular formula is C36H40N2O6S. The molecule has 4 rings (SSSR count). The number of hydrogen-bond acceptors (Lipinski definition) is 6. The van der Waals surface area contributed by atoms with Gasteiger partial charge in [0, 0.05) is 31.0 Å². The molecule has 0 aromatic heterocycles. The van der Waals surface area contributed by atoms with Crippen molar-refractivity contribution < 1.29 is 28.9 Å². The Balaban J connectivity index is 1.30. The van der Waals surface area contributed by atoms with Gasteiger partial charge in [-0.2, -0.15) is 11.8 Å². The van der Waals surface area contributed by atoms with Crippen molar-refractivity contribution in [2.45, 2.75) is 31.6 Å². The number of para-hydroxylation sites is 1. The van der Waals surface area contributed by atoms with Crippen LogP contribution in [0.4, 0.5) is 10.5 Å². The summed E-state index contributed by atoms with van der Waals surface area (Å²) >= 11 is 1.85.